The zero-order valence-electron chi connectivity index (χ0n) is 45.7. The molecule has 6 atom stereocenters. The number of aliphatic hydroxyl groups is 2. The van der Waals surface area contributed by atoms with Crippen LogP contribution in [0.5, 0.6) is 0 Å². The van der Waals surface area contributed by atoms with Crippen molar-refractivity contribution >= 4 is 23.9 Å². The minimum Gasteiger partial charge on any atom is -0.479 e. The lowest BCUT2D eigenvalue weighted by molar-refractivity contribution is -0.301. The second-order valence-electron chi connectivity index (χ2n) is 18.1. The van der Waals surface area contributed by atoms with E-state index >= 15 is 0 Å². The molecule has 75 heavy (non-hydrogen) atoms. The summed E-state index contributed by atoms with van der Waals surface area (Å²) < 4.78 is 28.2. The Morgan fingerprint density at radius 2 is 0.827 bits per heavy atom. The number of aliphatic hydroxyl groups excluding tert-OH is 2. The van der Waals surface area contributed by atoms with Gasteiger partial charge in [-0.25, -0.2) is 4.79 Å². The number of carbonyl (C=O) groups is 4. The van der Waals surface area contributed by atoms with Gasteiger partial charge in [0, 0.05) is 19.3 Å². The molecule has 1 fully saturated rings. The number of esters is 3. The lowest BCUT2D eigenvalue weighted by Crippen LogP contribution is -2.61. The molecular formula is C63H94O12. The average Bonchev–Trinajstić information content (AvgIpc) is 3.39. The van der Waals surface area contributed by atoms with Crippen LogP contribution in [0.25, 0.3) is 0 Å². The number of carbonyl (C=O) groups excluding carboxylic acids is 3. The van der Waals surface area contributed by atoms with Crippen LogP contribution < -0.4 is 0 Å². The van der Waals surface area contributed by atoms with Crippen molar-refractivity contribution in [2.75, 3.05) is 13.2 Å². The predicted octanol–water partition coefficient (Wildman–Crippen LogP) is 14.0. The van der Waals surface area contributed by atoms with E-state index in [0.717, 1.165) is 109 Å². The molecule has 1 aliphatic rings. The third kappa shape index (κ3) is 39.7. The molecule has 0 amide bonds. The number of ether oxygens (including phenoxy) is 5. The fourth-order valence-corrected chi connectivity index (χ4v) is 7.24. The molecule has 3 N–H and O–H groups in total. The van der Waals surface area contributed by atoms with E-state index < -0.39 is 67.3 Å². The summed E-state index contributed by atoms with van der Waals surface area (Å²) in [6.07, 6.45) is 58.5. The van der Waals surface area contributed by atoms with Gasteiger partial charge in [0.15, 0.2) is 24.6 Å². The zero-order valence-corrected chi connectivity index (χ0v) is 45.7. The van der Waals surface area contributed by atoms with E-state index in [9.17, 15) is 34.5 Å². The summed E-state index contributed by atoms with van der Waals surface area (Å²) in [5.41, 5.74) is 0. The van der Waals surface area contributed by atoms with E-state index in [0.29, 0.717) is 25.7 Å². The van der Waals surface area contributed by atoms with Gasteiger partial charge in [-0.1, -0.05) is 179 Å². The van der Waals surface area contributed by atoms with Crippen LogP contribution in [0.3, 0.4) is 0 Å². The largest absolute Gasteiger partial charge is 0.479 e. The molecule has 418 valence electrons. The summed E-state index contributed by atoms with van der Waals surface area (Å²) in [6.45, 7) is 5.50. The van der Waals surface area contributed by atoms with Gasteiger partial charge >= 0.3 is 23.9 Å². The van der Waals surface area contributed by atoms with Gasteiger partial charge in [-0.2, -0.15) is 0 Å². The molecule has 1 rings (SSSR count). The van der Waals surface area contributed by atoms with Crippen LogP contribution in [0.2, 0.25) is 0 Å². The summed E-state index contributed by atoms with van der Waals surface area (Å²) in [5, 5.41) is 31.4. The number of hydrogen-bond donors (Lipinski definition) is 3. The lowest BCUT2D eigenvalue weighted by Gasteiger charge is -2.40. The monoisotopic (exact) mass is 1040 g/mol. The van der Waals surface area contributed by atoms with E-state index in [1.54, 1.807) is 0 Å². The Bertz CT molecular complexity index is 1860. The quantitative estimate of drug-likeness (QED) is 0.0228. The first-order valence-electron chi connectivity index (χ1n) is 27.8. The summed E-state index contributed by atoms with van der Waals surface area (Å²) in [6, 6.07) is 0. The molecule has 12 nitrogen and oxygen atoms in total. The summed E-state index contributed by atoms with van der Waals surface area (Å²) in [4.78, 5) is 51.0. The molecule has 0 aliphatic carbocycles. The standard InChI is InChI=1S/C63H94O12/c1-4-7-10-13-16-19-22-25-26-27-28-29-30-33-34-37-40-43-46-49-55(64)71-52-54(73-56(65)50-47-44-41-38-35-31-23-20-17-14-11-8-5-2)53-72-63-61(59(68)58(67)60(75-63)62(69)70)74-57(66)51-48-45-42-39-36-32-24-21-18-15-12-9-6-3/h7-12,16-21,25-26,28-29,31-36,40,43,54,58-61,63,67-68H,4-6,13-15,22-24,27,30,37-39,41-42,44-53H2,1-3H3,(H,69,70)/b10-7-,11-8-,12-9-,19-16-,20-17-,21-18-,26-25-,29-28-,34-33-,35-31-,36-32-,43-40-. The lowest BCUT2D eigenvalue weighted by atomic mass is 9.98. The minimum absolute atomic E-state index is 0.00567. The maximum atomic E-state index is 13.1. The minimum atomic E-state index is -1.93. The SMILES string of the molecule is CC/C=C\C/C=C\C/C=C\C/C=C\C/C=C\C/C=C\CCC(=O)OCC(COC1OC(C(=O)O)C(O)C(O)C1OC(=O)CCCCC/C=C\C/C=C\C/C=C\CC)OC(=O)CCCCC/C=C\C/C=C\C/C=C\CC. The van der Waals surface area contributed by atoms with Gasteiger partial charge in [-0.15, -0.1) is 0 Å². The Morgan fingerprint density at radius 3 is 1.24 bits per heavy atom. The fourth-order valence-electron chi connectivity index (χ4n) is 7.24. The summed E-state index contributed by atoms with van der Waals surface area (Å²) in [7, 11) is 0. The average molecular weight is 1040 g/mol. The van der Waals surface area contributed by atoms with Crippen molar-refractivity contribution in [1.29, 1.82) is 0 Å². The Labute approximate surface area is 451 Å². The number of hydrogen-bond acceptors (Lipinski definition) is 11. The van der Waals surface area contributed by atoms with Gasteiger partial charge in [0.25, 0.3) is 0 Å². The van der Waals surface area contributed by atoms with Crippen molar-refractivity contribution in [3.05, 3.63) is 146 Å². The van der Waals surface area contributed by atoms with Gasteiger partial charge in [-0.05, 0) is 122 Å². The van der Waals surface area contributed by atoms with Crippen LogP contribution in [0.1, 0.15) is 175 Å². The third-order valence-electron chi connectivity index (χ3n) is 11.4. The maximum absolute atomic E-state index is 13.1. The van der Waals surface area contributed by atoms with Gasteiger partial charge < -0.3 is 39.0 Å². The van der Waals surface area contributed by atoms with Crippen molar-refractivity contribution in [3.63, 3.8) is 0 Å². The molecule has 1 saturated heterocycles. The highest BCUT2D eigenvalue weighted by Crippen LogP contribution is 2.26. The molecule has 0 saturated carbocycles. The first-order valence-corrected chi connectivity index (χ1v) is 27.8. The van der Waals surface area contributed by atoms with E-state index in [-0.39, 0.29) is 25.9 Å². The van der Waals surface area contributed by atoms with Crippen molar-refractivity contribution in [2.24, 2.45) is 0 Å². The first kappa shape index (κ1) is 67.6. The molecule has 0 aromatic carbocycles. The molecule has 0 bridgehead atoms. The molecule has 1 heterocycles. The van der Waals surface area contributed by atoms with Crippen molar-refractivity contribution in [1.82, 2.24) is 0 Å². The molecule has 0 radical (unpaired) electrons. The Balaban J connectivity index is 2.80. The van der Waals surface area contributed by atoms with Crippen LogP contribution in [-0.2, 0) is 42.9 Å². The van der Waals surface area contributed by atoms with Crippen LogP contribution in [0, 0.1) is 0 Å². The van der Waals surface area contributed by atoms with Crippen molar-refractivity contribution in [3.8, 4) is 0 Å². The maximum Gasteiger partial charge on any atom is 0.335 e. The molecule has 12 heteroatoms. The van der Waals surface area contributed by atoms with Gasteiger partial charge in [-0.3, -0.25) is 14.4 Å². The van der Waals surface area contributed by atoms with Gasteiger partial charge in [0.1, 0.15) is 18.8 Å². The van der Waals surface area contributed by atoms with Crippen LogP contribution >= 0.6 is 0 Å². The highest BCUT2D eigenvalue weighted by Gasteiger charge is 2.50. The normalized spacial score (nSPS) is 19.3. The van der Waals surface area contributed by atoms with Gasteiger partial charge in [0.05, 0.1) is 6.61 Å². The number of carboxylic acids is 1. The Morgan fingerprint density at radius 1 is 0.440 bits per heavy atom. The Hall–Kier alpha value is -5.40. The topological polar surface area (TPSA) is 175 Å². The van der Waals surface area contributed by atoms with Gasteiger partial charge in [0.2, 0.25) is 0 Å². The summed E-state index contributed by atoms with van der Waals surface area (Å²) >= 11 is 0. The highest BCUT2D eigenvalue weighted by atomic mass is 16.7. The third-order valence-corrected chi connectivity index (χ3v) is 11.4. The first-order chi connectivity index (χ1) is 36.6. The predicted molar refractivity (Wildman–Crippen MR) is 302 cm³/mol. The molecule has 1 aliphatic heterocycles. The number of allylic oxidation sites excluding steroid dienone is 24. The van der Waals surface area contributed by atoms with Crippen LogP contribution in [0.4, 0.5) is 0 Å². The Kier molecular flexibility index (Phi) is 44.6. The molecular weight excluding hydrogens is 949 g/mol. The number of rotatable bonds is 44. The molecule has 6 unspecified atom stereocenters. The van der Waals surface area contributed by atoms with Crippen LogP contribution in [-0.4, -0.2) is 89.2 Å². The smallest absolute Gasteiger partial charge is 0.335 e. The van der Waals surface area contributed by atoms with Crippen LogP contribution in [0.15, 0.2) is 146 Å². The highest BCUT2D eigenvalue weighted by molar-refractivity contribution is 5.74. The van der Waals surface area contributed by atoms with E-state index in [4.69, 9.17) is 23.7 Å². The number of unbranched alkanes of at least 4 members (excludes halogenated alkanes) is 6. The van der Waals surface area contributed by atoms with E-state index in [2.05, 4.69) is 154 Å². The fraction of sp³-hybridized carbons (Fsp3) is 0.556. The van der Waals surface area contributed by atoms with Crippen molar-refractivity contribution < 1.29 is 58.2 Å². The molecule has 0 spiro atoms. The van der Waals surface area contributed by atoms with E-state index in [1.165, 1.54) is 0 Å². The second-order valence-corrected chi connectivity index (χ2v) is 18.1. The second kappa shape index (κ2) is 49.5. The zero-order chi connectivity index (χ0) is 54.7. The summed E-state index contributed by atoms with van der Waals surface area (Å²) in [5.74, 6) is -3.34. The molecule has 0 aromatic rings. The van der Waals surface area contributed by atoms with Crippen molar-refractivity contribution in [2.45, 2.75) is 212 Å². The number of carboxylic acid groups (broad SMARTS) is 1. The number of aliphatic carboxylic acids is 1. The molecule has 0 aromatic heterocycles. The van der Waals surface area contributed by atoms with E-state index in [1.807, 2.05) is 12.2 Å².